The molecule has 0 bridgehead atoms. The molecule has 2 aromatic rings. The highest BCUT2D eigenvalue weighted by atomic mass is 35.5. The second-order valence-electron chi connectivity index (χ2n) is 4.45. The maximum atomic E-state index is 11.6. The molecule has 0 spiro atoms. The van der Waals surface area contributed by atoms with Gasteiger partial charge >= 0.3 is 0 Å². The van der Waals surface area contributed by atoms with Crippen molar-refractivity contribution in [1.29, 1.82) is 0 Å². The van der Waals surface area contributed by atoms with Gasteiger partial charge in [0, 0.05) is 5.02 Å². The highest BCUT2D eigenvalue weighted by Gasteiger charge is 2.01. The van der Waals surface area contributed by atoms with E-state index in [1.807, 2.05) is 31.2 Å². The van der Waals surface area contributed by atoms with Crippen LogP contribution in [-0.2, 0) is 4.79 Å². The molecule has 0 atom stereocenters. The fourth-order valence-corrected chi connectivity index (χ4v) is 1.77. The molecule has 2 rings (SSSR count). The lowest BCUT2D eigenvalue weighted by Crippen LogP contribution is -2.24. The molecule has 0 aromatic heterocycles. The van der Waals surface area contributed by atoms with Gasteiger partial charge in [0.05, 0.1) is 6.21 Å². The van der Waals surface area contributed by atoms with E-state index >= 15 is 0 Å². The Kier molecular flexibility index (Phi) is 5.35. The molecular formula is C16H15ClN2O2. The normalized spacial score (nSPS) is 10.6. The SMILES string of the molecule is Cc1cccc(C=NNC(=O)COc2ccc(Cl)cc2)c1. The van der Waals surface area contributed by atoms with Crippen molar-refractivity contribution in [3.8, 4) is 5.75 Å². The number of carbonyl (C=O) groups excluding carboxylic acids is 1. The first-order valence-electron chi connectivity index (χ1n) is 6.40. The van der Waals surface area contributed by atoms with Crippen molar-refractivity contribution in [2.75, 3.05) is 6.61 Å². The number of rotatable bonds is 5. The van der Waals surface area contributed by atoms with Crippen LogP contribution in [0.25, 0.3) is 0 Å². The number of halogens is 1. The summed E-state index contributed by atoms with van der Waals surface area (Å²) in [7, 11) is 0. The van der Waals surface area contributed by atoms with E-state index in [1.54, 1.807) is 30.5 Å². The Morgan fingerprint density at radius 2 is 2.05 bits per heavy atom. The minimum atomic E-state index is -0.325. The fourth-order valence-electron chi connectivity index (χ4n) is 1.64. The van der Waals surface area contributed by atoms with E-state index in [1.165, 1.54) is 0 Å². The summed E-state index contributed by atoms with van der Waals surface area (Å²) in [6.45, 7) is 1.89. The molecule has 0 radical (unpaired) electrons. The molecule has 21 heavy (non-hydrogen) atoms. The Morgan fingerprint density at radius 1 is 1.29 bits per heavy atom. The lowest BCUT2D eigenvalue weighted by molar-refractivity contribution is -0.123. The molecular weight excluding hydrogens is 288 g/mol. The van der Waals surface area contributed by atoms with Gasteiger partial charge in [-0.3, -0.25) is 4.79 Å². The van der Waals surface area contributed by atoms with E-state index in [-0.39, 0.29) is 12.5 Å². The lowest BCUT2D eigenvalue weighted by Gasteiger charge is -2.04. The van der Waals surface area contributed by atoms with Crippen LogP contribution in [0.15, 0.2) is 53.6 Å². The van der Waals surface area contributed by atoms with Gasteiger partial charge in [0.1, 0.15) is 5.75 Å². The van der Waals surface area contributed by atoms with Crippen LogP contribution in [0.1, 0.15) is 11.1 Å². The minimum Gasteiger partial charge on any atom is -0.484 e. The number of hydrogen-bond donors (Lipinski definition) is 1. The molecule has 0 aliphatic heterocycles. The van der Waals surface area contributed by atoms with Crippen LogP contribution in [0.5, 0.6) is 5.75 Å². The monoisotopic (exact) mass is 302 g/mol. The summed E-state index contributed by atoms with van der Waals surface area (Å²) in [6, 6.07) is 14.6. The molecule has 0 aliphatic rings. The number of hydrazone groups is 1. The van der Waals surface area contributed by atoms with Gasteiger partial charge in [0.2, 0.25) is 0 Å². The smallest absolute Gasteiger partial charge is 0.277 e. The van der Waals surface area contributed by atoms with Gasteiger partial charge in [-0.15, -0.1) is 0 Å². The molecule has 108 valence electrons. The van der Waals surface area contributed by atoms with Gasteiger partial charge in [-0.2, -0.15) is 5.10 Å². The van der Waals surface area contributed by atoms with E-state index < -0.39 is 0 Å². The van der Waals surface area contributed by atoms with Crippen LogP contribution in [0.4, 0.5) is 0 Å². The summed E-state index contributed by atoms with van der Waals surface area (Å²) in [4.78, 5) is 11.6. The number of hydrogen-bond acceptors (Lipinski definition) is 3. The second-order valence-corrected chi connectivity index (χ2v) is 4.89. The van der Waals surface area contributed by atoms with Crippen LogP contribution >= 0.6 is 11.6 Å². The number of amides is 1. The van der Waals surface area contributed by atoms with Crippen molar-refractivity contribution in [2.24, 2.45) is 5.10 Å². The van der Waals surface area contributed by atoms with Crippen molar-refractivity contribution < 1.29 is 9.53 Å². The zero-order valence-corrected chi connectivity index (χ0v) is 12.3. The van der Waals surface area contributed by atoms with Crippen LogP contribution in [0, 0.1) is 6.92 Å². The highest BCUT2D eigenvalue weighted by Crippen LogP contribution is 2.15. The van der Waals surface area contributed by atoms with Crippen LogP contribution in [-0.4, -0.2) is 18.7 Å². The minimum absolute atomic E-state index is 0.104. The molecule has 0 saturated heterocycles. The molecule has 0 aliphatic carbocycles. The van der Waals surface area contributed by atoms with Crippen molar-refractivity contribution >= 4 is 23.7 Å². The van der Waals surface area contributed by atoms with Crippen molar-refractivity contribution in [3.05, 3.63) is 64.7 Å². The average molecular weight is 303 g/mol. The van der Waals surface area contributed by atoms with Crippen LogP contribution in [0.2, 0.25) is 5.02 Å². The molecule has 1 amide bonds. The zero-order chi connectivity index (χ0) is 15.1. The third-order valence-electron chi connectivity index (χ3n) is 2.63. The summed E-state index contributed by atoms with van der Waals surface area (Å²) in [5, 5.41) is 4.50. The topological polar surface area (TPSA) is 50.7 Å². The van der Waals surface area contributed by atoms with E-state index in [0.717, 1.165) is 11.1 Å². The Hall–Kier alpha value is -2.33. The Bertz CT molecular complexity index is 639. The third-order valence-corrected chi connectivity index (χ3v) is 2.88. The summed E-state index contributed by atoms with van der Waals surface area (Å²) in [5.74, 6) is 0.256. The number of nitrogens with one attached hydrogen (secondary N) is 1. The molecule has 1 N–H and O–H groups in total. The first-order chi connectivity index (χ1) is 10.1. The van der Waals surface area contributed by atoms with Gasteiger partial charge in [-0.25, -0.2) is 5.43 Å². The molecule has 0 fully saturated rings. The Labute approximate surface area is 128 Å². The lowest BCUT2D eigenvalue weighted by atomic mass is 10.2. The predicted molar refractivity (Wildman–Crippen MR) is 83.9 cm³/mol. The van der Waals surface area contributed by atoms with E-state index in [9.17, 15) is 4.79 Å². The highest BCUT2D eigenvalue weighted by molar-refractivity contribution is 6.30. The van der Waals surface area contributed by atoms with Gasteiger partial charge in [-0.05, 0) is 36.8 Å². The number of nitrogens with zero attached hydrogens (tertiary/aromatic N) is 1. The first-order valence-corrected chi connectivity index (χ1v) is 6.78. The summed E-state index contributed by atoms with van der Waals surface area (Å²) in [6.07, 6.45) is 1.59. The molecule has 4 nitrogen and oxygen atoms in total. The number of aryl methyl sites for hydroxylation is 1. The predicted octanol–water partition coefficient (Wildman–Crippen LogP) is 3.18. The van der Waals surface area contributed by atoms with Crippen molar-refractivity contribution in [2.45, 2.75) is 6.92 Å². The van der Waals surface area contributed by atoms with Gasteiger partial charge in [-0.1, -0.05) is 41.4 Å². The maximum Gasteiger partial charge on any atom is 0.277 e. The zero-order valence-electron chi connectivity index (χ0n) is 11.5. The second kappa shape index (κ2) is 7.45. The van der Waals surface area contributed by atoms with Gasteiger partial charge in [0.25, 0.3) is 5.91 Å². The van der Waals surface area contributed by atoms with Gasteiger partial charge in [0.15, 0.2) is 6.61 Å². The fraction of sp³-hybridized carbons (Fsp3) is 0.125. The Balaban J connectivity index is 1.78. The molecule has 0 unspecified atom stereocenters. The summed E-state index contributed by atoms with van der Waals surface area (Å²) in [5.41, 5.74) is 4.47. The standard InChI is InChI=1S/C16H15ClN2O2/c1-12-3-2-4-13(9-12)10-18-19-16(20)11-21-15-7-5-14(17)6-8-15/h2-10H,11H2,1H3,(H,19,20). The quantitative estimate of drug-likeness (QED) is 0.681. The van der Waals surface area contributed by atoms with Crippen molar-refractivity contribution in [3.63, 3.8) is 0 Å². The Morgan fingerprint density at radius 3 is 2.76 bits per heavy atom. The summed E-state index contributed by atoms with van der Waals surface area (Å²) >= 11 is 5.76. The van der Waals surface area contributed by atoms with E-state index in [4.69, 9.17) is 16.3 Å². The van der Waals surface area contributed by atoms with E-state index in [2.05, 4.69) is 10.5 Å². The van der Waals surface area contributed by atoms with Crippen molar-refractivity contribution in [1.82, 2.24) is 5.43 Å². The number of benzene rings is 2. The average Bonchev–Trinajstić information content (AvgIpc) is 2.47. The van der Waals surface area contributed by atoms with Gasteiger partial charge < -0.3 is 4.74 Å². The van der Waals surface area contributed by atoms with Crippen LogP contribution in [0.3, 0.4) is 0 Å². The molecule has 5 heteroatoms. The number of ether oxygens (including phenoxy) is 1. The summed E-state index contributed by atoms with van der Waals surface area (Å²) < 4.78 is 5.30. The molecule has 0 saturated carbocycles. The van der Waals surface area contributed by atoms with E-state index in [0.29, 0.717) is 10.8 Å². The van der Waals surface area contributed by atoms with Crippen LogP contribution < -0.4 is 10.2 Å². The largest absolute Gasteiger partial charge is 0.484 e. The molecule has 0 heterocycles. The maximum absolute atomic E-state index is 11.6. The first kappa shape index (κ1) is 15.1. The molecule has 2 aromatic carbocycles. The number of carbonyl (C=O) groups is 1. The third kappa shape index (κ3) is 5.28.